The maximum Gasteiger partial charge on any atom is 0.132 e. The van der Waals surface area contributed by atoms with E-state index >= 15 is 0 Å². The van der Waals surface area contributed by atoms with Gasteiger partial charge in [-0.1, -0.05) is 47.1 Å². The Kier molecular flexibility index (Phi) is 4.61. The fraction of sp³-hybridized carbons (Fsp3) is 0.250. The molecule has 2 rings (SSSR count). The smallest absolute Gasteiger partial charge is 0.132 e. The molecule has 2 aromatic carbocycles. The molecule has 0 aliphatic rings. The number of aryl methyl sites for hydroxylation is 1. The summed E-state index contributed by atoms with van der Waals surface area (Å²) in [5.74, 6) is 1.68. The number of para-hydroxylation sites is 1. The molecule has 0 aromatic heterocycles. The largest absolute Gasteiger partial charge is 0.457 e. The molecule has 2 nitrogen and oxygen atoms in total. The van der Waals surface area contributed by atoms with E-state index in [1.165, 1.54) is 0 Å². The Balaban J connectivity index is 2.35. The zero-order valence-electron chi connectivity index (χ0n) is 11.2. The van der Waals surface area contributed by atoms with Crippen LogP contribution in [-0.2, 0) is 0 Å². The summed E-state index contributed by atoms with van der Waals surface area (Å²) >= 11 is 3.47. The fourth-order valence-corrected chi connectivity index (χ4v) is 2.24. The van der Waals surface area contributed by atoms with E-state index in [-0.39, 0.29) is 6.04 Å². The van der Waals surface area contributed by atoms with Crippen LogP contribution in [0.1, 0.15) is 30.5 Å². The van der Waals surface area contributed by atoms with E-state index in [1.54, 1.807) is 0 Å². The molecular formula is C16H18BrNO. The van der Waals surface area contributed by atoms with Crippen molar-refractivity contribution in [3.8, 4) is 11.5 Å². The Hall–Kier alpha value is -1.32. The van der Waals surface area contributed by atoms with Gasteiger partial charge >= 0.3 is 0 Å². The number of nitrogens with two attached hydrogens (primary N) is 1. The molecule has 0 bridgehead atoms. The zero-order valence-corrected chi connectivity index (χ0v) is 12.8. The number of halogens is 1. The van der Waals surface area contributed by atoms with Crippen LogP contribution in [0.2, 0.25) is 0 Å². The van der Waals surface area contributed by atoms with Crippen molar-refractivity contribution in [3.63, 3.8) is 0 Å². The maximum atomic E-state index is 6.13. The Bertz CT molecular complexity index is 568. The van der Waals surface area contributed by atoms with Gasteiger partial charge in [0.25, 0.3) is 0 Å². The van der Waals surface area contributed by atoms with Crippen LogP contribution in [-0.4, -0.2) is 0 Å². The molecule has 0 heterocycles. The summed E-state index contributed by atoms with van der Waals surface area (Å²) in [6.45, 7) is 4.11. The number of hydrogen-bond donors (Lipinski definition) is 1. The Morgan fingerprint density at radius 2 is 1.89 bits per heavy atom. The summed E-state index contributed by atoms with van der Waals surface area (Å²) < 4.78 is 7.04. The molecule has 0 radical (unpaired) electrons. The molecule has 1 unspecified atom stereocenters. The highest BCUT2D eigenvalue weighted by Crippen LogP contribution is 2.32. The number of hydrogen-bond acceptors (Lipinski definition) is 2. The molecule has 2 aromatic rings. The van der Waals surface area contributed by atoms with Gasteiger partial charge in [-0.25, -0.2) is 0 Å². The van der Waals surface area contributed by atoms with Crippen LogP contribution >= 0.6 is 15.9 Å². The Morgan fingerprint density at radius 1 is 1.16 bits per heavy atom. The van der Waals surface area contributed by atoms with Crippen LogP contribution in [0.15, 0.2) is 46.9 Å². The van der Waals surface area contributed by atoms with Crippen molar-refractivity contribution >= 4 is 15.9 Å². The first-order valence-electron chi connectivity index (χ1n) is 6.40. The van der Waals surface area contributed by atoms with Gasteiger partial charge in [-0.05, 0) is 37.1 Å². The normalized spacial score (nSPS) is 12.2. The third kappa shape index (κ3) is 3.37. The Labute approximate surface area is 122 Å². The minimum absolute atomic E-state index is 0.00339. The van der Waals surface area contributed by atoms with Gasteiger partial charge in [0.05, 0.1) is 0 Å². The fourth-order valence-electron chi connectivity index (χ4n) is 1.90. The van der Waals surface area contributed by atoms with Gasteiger partial charge in [0.2, 0.25) is 0 Å². The average Bonchev–Trinajstić information content (AvgIpc) is 2.42. The second-order valence-electron chi connectivity index (χ2n) is 4.56. The summed E-state index contributed by atoms with van der Waals surface area (Å²) in [4.78, 5) is 0. The summed E-state index contributed by atoms with van der Waals surface area (Å²) in [7, 11) is 0. The van der Waals surface area contributed by atoms with Crippen LogP contribution in [0.25, 0.3) is 0 Å². The number of ether oxygens (including phenoxy) is 1. The van der Waals surface area contributed by atoms with Crippen LogP contribution < -0.4 is 10.5 Å². The van der Waals surface area contributed by atoms with Gasteiger partial charge in [0.15, 0.2) is 0 Å². The Morgan fingerprint density at radius 3 is 2.63 bits per heavy atom. The maximum absolute atomic E-state index is 6.13. The lowest BCUT2D eigenvalue weighted by Crippen LogP contribution is -2.09. The van der Waals surface area contributed by atoms with Crippen molar-refractivity contribution < 1.29 is 4.74 Å². The van der Waals surface area contributed by atoms with Crippen molar-refractivity contribution in [3.05, 3.63) is 58.1 Å². The lowest BCUT2D eigenvalue weighted by atomic mass is 10.0. The van der Waals surface area contributed by atoms with Gasteiger partial charge in [-0.2, -0.15) is 0 Å². The van der Waals surface area contributed by atoms with Crippen molar-refractivity contribution in [2.75, 3.05) is 0 Å². The molecule has 0 saturated heterocycles. The molecule has 2 N–H and O–H groups in total. The monoisotopic (exact) mass is 319 g/mol. The van der Waals surface area contributed by atoms with Crippen LogP contribution in [0.4, 0.5) is 0 Å². The SMILES string of the molecule is CCC(N)c1ccccc1Oc1cc(Br)ccc1C. The van der Waals surface area contributed by atoms with E-state index < -0.39 is 0 Å². The number of benzene rings is 2. The summed E-state index contributed by atoms with van der Waals surface area (Å²) in [5, 5.41) is 0. The lowest BCUT2D eigenvalue weighted by molar-refractivity contribution is 0.465. The first kappa shape index (κ1) is 14.1. The first-order chi connectivity index (χ1) is 9.11. The zero-order chi connectivity index (χ0) is 13.8. The molecular weight excluding hydrogens is 302 g/mol. The van der Waals surface area contributed by atoms with E-state index in [9.17, 15) is 0 Å². The topological polar surface area (TPSA) is 35.2 Å². The van der Waals surface area contributed by atoms with Gasteiger partial charge in [0.1, 0.15) is 11.5 Å². The van der Waals surface area contributed by atoms with Gasteiger partial charge < -0.3 is 10.5 Å². The van der Waals surface area contributed by atoms with Crippen molar-refractivity contribution in [1.29, 1.82) is 0 Å². The van der Waals surface area contributed by atoms with Crippen molar-refractivity contribution in [1.82, 2.24) is 0 Å². The third-order valence-electron chi connectivity index (χ3n) is 3.13. The molecule has 0 saturated carbocycles. The standard InChI is InChI=1S/C16H18BrNO/c1-3-14(18)13-6-4-5-7-15(13)19-16-10-12(17)9-8-11(16)2/h4-10,14H,3,18H2,1-2H3. The van der Waals surface area contributed by atoms with E-state index in [4.69, 9.17) is 10.5 Å². The second-order valence-corrected chi connectivity index (χ2v) is 5.48. The van der Waals surface area contributed by atoms with Gasteiger partial charge in [-0.3, -0.25) is 0 Å². The molecule has 0 amide bonds. The predicted octanol–water partition coefficient (Wildman–Crippen LogP) is 4.96. The molecule has 0 fully saturated rings. The van der Waals surface area contributed by atoms with Crippen LogP contribution in [0.3, 0.4) is 0 Å². The molecule has 0 aliphatic heterocycles. The predicted molar refractivity (Wildman–Crippen MR) is 82.6 cm³/mol. The van der Waals surface area contributed by atoms with Crippen LogP contribution in [0, 0.1) is 6.92 Å². The quantitative estimate of drug-likeness (QED) is 0.864. The first-order valence-corrected chi connectivity index (χ1v) is 7.19. The van der Waals surface area contributed by atoms with E-state index in [0.29, 0.717) is 0 Å². The highest BCUT2D eigenvalue weighted by molar-refractivity contribution is 9.10. The molecule has 19 heavy (non-hydrogen) atoms. The third-order valence-corrected chi connectivity index (χ3v) is 3.62. The van der Waals surface area contributed by atoms with Crippen molar-refractivity contribution in [2.24, 2.45) is 5.73 Å². The number of rotatable bonds is 4. The minimum atomic E-state index is 0.00339. The van der Waals surface area contributed by atoms with Gasteiger partial charge in [-0.15, -0.1) is 0 Å². The highest BCUT2D eigenvalue weighted by atomic mass is 79.9. The molecule has 3 heteroatoms. The molecule has 1 atom stereocenters. The molecule has 0 aliphatic carbocycles. The summed E-state index contributed by atoms with van der Waals surface area (Å²) in [6.07, 6.45) is 0.887. The van der Waals surface area contributed by atoms with Crippen molar-refractivity contribution in [2.45, 2.75) is 26.3 Å². The van der Waals surface area contributed by atoms with E-state index in [0.717, 1.165) is 33.5 Å². The molecule has 0 spiro atoms. The highest BCUT2D eigenvalue weighted by Gasteiger charge is 2.11. The summed E-state index contributed by atoms with van der Waals surface area (Å²) in [5.41, 5.74) is 8.27. The average molecular weight is 320 g/mol. The summed E-state index contributed by atoms with van der Waals surface area (Å²) in [6, 6.07) is 14.0. The van der Waals surface area contributed by atoms with Gasteiger partial charge in [0, 0.05) is 16.1 Å². The minimum Gasteiger partial charge on any atom is -0.457 e. The van der Waals surface area contributed by atoms with Crippen LogP contribution in [0.5, 0.6) is 11.5 Å². The molecule has 100 valence electrons. The van der Waals surface area contributed by atoms with E-state index in [1.807, 2.05) is 49.4 Å². The second kappa shape index (κ2) is 6.22. The van der Waals surface area contributed by atoms with E-state index in [2.05, 4.69) is 22.9 Å². The lowest BCUT2D eigenvalue weighted by Gasteiger charge is -2.16.